The van der Waals surface area contributed by atoms with E-state index in [0.29, 0.717) is 13.2 Å². The monoisotopic (exact) mass is 221 g/mol. The Morgan fingerprint density at radius 1 is 1.50 bits per heavy atom. The van der Waals surface area contributed by atoms with E-state index in [0.717, 1.165) is 19.3 Å². The van der Waals surface area contributed by atoms with E-state index in [-0.39, 0.29) is 12.0 Å². The molecule has 0 N–H and O–H groups in total. The smallest absolute Gasteiger partial charge is 0.216 e. The van der Waals surface area contributed by atoms with Crippen molar-refractivity contribution < 1.29 is 13.2 Å². The third-order valence-electron chi connectivity index (χ3n) is 2.40. The highest BCUT2D eigenvalue weighted by atomic mass is 32.2. The van der Waals surface area contributed by atoms with Gasteiger partial charge in [-0.15, -0.1) is 0 Å². The molecule has 0 aromatic rings. The topological polar surface area (TPSA) is 46.6 Å². The first-order chi connectivity index (χ1) is 6.58. The van der Waals surface area contributed by atoms with Crippen molar-refractivity contribution in [2.75, 3.05) is 18.9 Å². The summed E-state index contributed by atoms with van der Waals surface area (Å²) in [6.07, 6.45) is 2.15. The molecule has 5 heteroatoms. The molecule has 0 aromatic heterocycles. The summed E-state index contributed by atoms with van der Waals surface area (Å²) in [6, 6.07) is 0. The van der Waals surface area contributed by atoms with Crippen LogP contribution < -0.4 is 0 Å². The van der Waals surface area contributed by atoms with E-state index in [1.807, 2.05) is 6.92 Å². The third kappa shape index (κ3) is 2.93. The molecule has 0 bridgehead atoms. The van der Waals surface area contributed by atoms with Crippen LogP contribution in [-0.4, -0.2) is 37.9 Å². The number of ether oxygens (including phenoxy) is 1. The van der Waals surface area contributed by atoms with E-state index in [4.69, 9.17) is 4.74 Å². The maximum Gasteiger partial charge on any atom is 0.216 e. The van der Waals surface area contributed by atoms with E-state index >= 15 is 0 Å². The van der Waals surface area contributed by atoms with E-state index in [1.165, 1.54) is 4.31 Å². The second kappa shape index (κ2) is 5.09. The summed E-state index contributed by atoms with van der Waals surface area (Å²) in [6.45, 7) is 5.06. The number of nitrogens with zero attached hydrogens (tertiary/aromatic N) is 1. The summed E-state index contributed by atoms with van der Waals surface area (Å²) < 4.78 is 30.4. The number of rotatable bonds is 4. The van der Waals surface area contributed by atoms with E-state index in [1.54, 1.807) is 6.92 Å². The lowest BCUT2D eigenvalue weighted by Crippen LogP contribution is -2.45. The summed E-state index contributed by atoms with van der Waals surface area (Å²) in [5.74, 6) is 0.247. The minimum absolute atomic E-state index is 0.247. The molecule has 0 spiro atoms. The fourth-order valence-corrected chi connectivity index (χ4v) is 3.36. The first-order valence-corrected chi connectivity index (χ1v) is 6.80. The Morgan fingerprint density at radius 2 is 2.21 bits per heavy atom. The van der Waals surface area contributed by atoms with Crippen molar-refractivity contribution in [2.24, 2.45) is 0 Å². The molecule has 0 amide bonds. The standard InChI is InChI=1S/C9H19NO3S/c1-3-4-8-14(11,12)10-6-5-7-13-9(10)2/h9H,3-8H2,1-2H3. The highest BCUT2D eigenvalue weighted by molar-refractivity contribution is 7.89. The molecule has 0 radical (unpaired) electrons. The van der Waals surface area contributed by atoms with Crippen LogP contribution in [0.3, 0.4) is 0 Å². The first-order valence-electron chi connectivity index (χ1n) is 5.19. The van der Waals surface area contributed by atoms with Gasteiger partial charge in [0.05, 0.1) is 5.75 Å². The second-order valence-electron chi connectivity index (χ2n) is 3.60. The summed E-state index contributed by atoms with van der Waals surface area (Å²) in [7, 11) is -3.09. The number of unbranched alkanes of at least 4 members (excludes halogenated alkanes) is 1. The fourth-order valence-electron chi connectivity index (χ4n) is 1.55. The number of hydrogen-bond acceptors (Lipinski definition) is 3. The fraction of sp³-hybridized carbons (Fsp3) is 1.00. The van der Waals surface area contributed by atoms with Gasteiger partial charge in [-0.05, 0) is 19.8 Å². The SMILES string of the molecule is CCCCS(=O)(=O)N1CCCOC1C. The molecule has 1 aliphatic heterocycles. The lowest BCUT2D eigenvalue weighted by Gasteiger charge is -2.32. The largest absolute Gasteiger partial charge is 0.362 e. The van der Waals surface area contributed by atoms with Crippen LogP contribution in [0.1, 0.15) is 33.1 Å². The Labute approximate surface area is 86.3 Å². The van der Waals surface area contributed by atoms with Crippen molar-refractivity contribution in [1.82, 2.24) is 4.31 Å². The van der Waals surface area contributed by atoms with E-state index in [2.05, 4.69) is 0 Å². The molecule has 1 saturated heterocycles. The van der Waals surface area contributed by atoms with Crippen LogP contribution in [0.15, 0.2) is 0 Å². The van der Waals surface area contributed by atoms with Gasteiger partial charge in [0.25, 0.3) is 0 Å². The maximum atomic E-state index is 11.8. The van der Waals surface area contributed by atoms with Gasteiger partial charge in [-0.3, -0.25) is 0 Å². The van der Waals surface area contributed by atoms with Crippen molar-refractivity contribution in [3.05, 3.63) is 0 Å². The van der Waals surface area contributed by atoms with Crippen LogP contribution in [0.4, 0.5) is 0 Å². The van der Waals surface area contributed by atoms with Crippen molar-refractivity contribution in [3.8, 4) is 0 Å². The summed E-state index contributed by atoms with van der Waals surface area (Å²) >= 11 is 0. The minimum Gasteiger partial charge on any atom is -0.362 e. The molecule has 1 fully saturated rings. The third-order valence-corrected chi connectivity index (χ3v) is 4.40. The molecule has 14 heavy (non-hydrogen) atoms. The molecule has 1 atom stereocenters. The zero-order chi connectivity index (χ0) is 10.6. The van der Waals surface area contributed by atoms with Crippen LogP contribution in [0.2, 0.25) is 0 Å². The first kappa shape index (κ1) is 11.9. The van der Waals surface area contributed by atoms with Crippen molar-refractivity contribution in [3.63, 3.8) is 0 Å². The minimum atomic E-state index is -3.09. The predicted octanol–water partition coefficient (Wildman–Crippen LogP) is 1.18. The second-order valence-corrected chi connectivity index (χ2v) is 5.65. The van der Waals surface area contributed by atoms with Gasteiger partial charge >= 0.3 is 0 Å². The lowest BCUT2D eigenvalue weighted by atomic mass is 10.4. The van der Waals surface area contributed by atoms with Gasteiger partial charge < -0.3 is 4.74 Å². The van der Waals surface area contributed by atoms with Crippen molar-refractivity contribution in [1.29, 1.82) is 0 Å². The molecule has 84 valence electrons. The normalized spacial score (nSPS) is 25.1. The molecule has 4 nitrogen and oxygen atoms in total. The zero-order valence-electron chi connectivity index (χ0n) is 8.90. The van der Waals surface area contributed by atoms with E-state index < -0.39 is 10.0 Å². The summed E-state index contributed by atoms with van der Waals surface area (Å²) in [5, 5.41) is 0. The molecular formula is C9H19NO3S. The predicted molar refractivity (Wildman–Crippen MR) is 55.4 cm³/mol. The Morgan fingerprint density at radius 3 is 2.79 bits per heavy atom. The van der Waals surface area contributed by atoms with Crippen LogP contribution in [0.25, 0.3) is 0 Å². The van der Waals surface area contributed by atoms with Gasteiger partial charge in [0.1, 0.15) is 6.23 Å². The number of hydrogen-bond donors (Lipinski definition) is 0. The molecule has 0 saturated carbocycles. The number of sulfonamides is 1. The lowest BCUT2D eigenvalue weighted by molar-refractivity contribution is -0.0410. The van der Waals surface area contributed by atoms with Gasteiger partial charge in [0.15, 0.2) is 0 Å². The Bertz CT molecular complexity index is 263. The highest BCUT2D eigenvalue weighted by Gasteiger charge is 2.29. The average molecular weight is 221 g/mol. The molecule has 1 rings (SSSR count). The Kier molecular flexibility index (Phi) is 4.34. The van der Waals surface area contributed by atoms with Gasteiger partial charge in [-0.1, -0.05) is 13.3 Å². The van der Waals surface area contributed by atoms with Crippen molar-refractivity contribution >= 4 is 10.0 Å². The quantitative estimate of drug-likeness (QED) is 0.716. The van der Waals surface area contributed by atoms with Gasteiger partial charge in [-0.25, -0.2) is 8.42 Å². The molecule has 1 unspecified atom stereocenters. The Hall–Kier alpha value is -0.130. The average Bonchev–Trinajstić information content (AvgIpc) is 2.15. The maximum absolute atomic E-state index is 11.8. The van der Waals surface area contributed by atoms with Gasteiger partial charge in [0.2, 0.25) is 10.0 Å². The van der Waals surface area contributed by atoms with Crippen LogP contribution in [-0.2, 0) is 14.8 Å². The molecular weight excluding hydrogens is 202 g/mol. The van der Waals surface area contributed by atoms with Crippen LogP contribution >= 0.6 is 0 Å². The van der Waals surface area contributed by atoms with Gasteiger partial charge in [0, 0.05) is 13.2 Å². The zero-order valence-corrected chi connectivity index (χ0v) is 9.72. The van der Waals surface area contributed by atoms with Gasteiger partial charge in [-0.2, -0.15) is 4.31 Å². The molecule has 0 aliphatic carbocycles. The summed E-state index contributed by atoms with van der Waals surface area (Å²) in [5.41, 5.74) is 0. The molecule has 0 aromatic carbocycles. The molecule has 1 aliphatic rings. The Balaban J connectivity index is 2.60. The van der Waals surface area contributed by atoms with E-state index in [9.17, 15) is 8.42 Å². The van der Waals surface area contributed by atoms with Crippen molar-refractivity contribution in [2.45, 2.75) is 39.3 Å². The summed E-state index contributed by atoms with van der Waals surface area (Å²) in [4.78, 5) is 0. The van der Waals surface area contributed by atoms with Crippen LogP contribution in [0, 0.1) is 0 Å². The highest BCUT2D eigenvalue weighted by Crippen LogP contribution is 2.15. The molecule has 1 heterocycles. The van der Waals surface area contributed by atoms with Crippen LogP contribution in [0.5, 0.6) is 0 Å².